The zero-order chi connectivity index (χ0) is 26.6. The van der Waals surface area contributed by atoms with Crippen molar-refractivity contribution in [1.82, 2.24) is 4.98 Å². The maximum absolute atomic E-state index is 13.0. The third-order valence-electron chi connectivity index (χ3n) is 5.03. The van der Waals surface area contributed by atoms with E-state index in [9.17, 15) is 22.8 Å². The molecule has 0 fully saturated rings. The summed E-state index contributed by atoms with van der Waals surface area (Å²) in [5.74, 6) is -3.36. The van der Waals surface area contributed by atoms with Gasteiger partial charge in [0.1, 0.15) is 17.8 Å². The molecule has 12 heteroatoms. The van der Waals surface area contributed by atoms with Crippen molar-refractivity contribution in [1.29, 1.82) is 5.41 Å². The van der Waals surface area contributed by atoms with Crippen LogP contribution in [0.5, 0.6) is 5.75 Å². The number of nitrogens with zero attached hydrogens (tertiary/aromatic N) is 1. The maximum Gasteiger partial charge on any atom is 0.573 e. The molecular weight excluding hydrogens is 493 g/mol. The van der Waals surface area contributed by atoms with Gasteiger partial charge in [0.25, 0.3) is 0 Å². The standard InChI is InChI=1S/C25H19F3N4O5/c1-14(29)21(22(33)31-16-5-2-4-15(12-16)19-6-3-10-35-19)23(34)32-17-7-8-20(37-25(26,27)28)18(13-17)24-30-9-11-36-24/h2-13,21,29H,1H3,(H,31,33)(H,32,34). The minimum absolute atomic E-state index is 0.0339. The van der Waals surface area contributed by atoms with Crippen molar-refractivity contribution >= 4 is 28.9 Å². The summed E-state index contributed by atoms with van der Waals surface area (Å²) < 4.78 is 52.9. The molecule has 0 radical (unpaired) electrons. The first-order valence-corrected chi connectivity index (χ1v) is 10.7. The summed E-state index contributed by atoms with van der Waals surface area (Å²) >= 11 is 0. The number of aromatic nitrogens is 1. The molecule has 4 aromatic rings. The van der Waals surface area contributed by atoms with Gasteiger partial charge in [0.15, 0.2) is 5.92 Å². The van der Waals surface area contributed by atoms with Crippen LogP contribution in [0.4, 0.5) is 24.5 Å². The lowest BCUT2D eigenvalue weighted by molar-refractivity contribution is -0.274. The van der Waals surface area contributed by atoms with Gasteiger partial charge < -0.3 is 29.6 Å². The molecule has 37 heavy (non-hydrogen) atoms. The van der Waals surface area contributed by atoms with Gasteiger partial charge in [0.2, 0.25) is 17.7 Å². The fraction of sp³-hybridized carbons (Fsp3) is 0.120. The second-order valence-corrected chi connectivity index (χ2v) is 7.75. The highest BCUT2D eigenvalue weighted by atomic mass is 19.4. The molecule has 2 amide bonds. The Bertz CT molecular complexity index is 1420. The molecule has 0 bridgehead atoms. The van der Waals surface area contributed by atoms with E-state index in [1.54, 1.807) is 36.4 Å². The van der Waals surface area contributed by atoms with Gasteiger partial charge in [-0.05, 0) is 49.4 Å². The predicted molar refractivity (Wildman–Crippen MR) is 127 cm³/mol. The highest BCUT2D eigenvalue weighted by Crippen LogP contribution is 2.35. The van der Waals surface area contributed by atoms with Gasteiger partial charge in [-0.1, -0.05) is 12.1 Å². The Morgan fingerprint density at radius 2 is 1.70 bits per heavy atom. The highest BCUT2D eigenvalue weighted by Gasteiger charge is 2.33. The van der Waals surface area contributed by atoms with E-state index in [0.717, 1.165) is 24.5 Å². The second-order valence-electron chi connectivity index (χ2n) is 7.75. The fourth-order valence-electron chi connectivity index (χ4n) is 3.48. The molecule has 0 spiro atoms. The average Bonchev–Trinajstić information content (AvgIpc) is 3.54. The number of amides is 2. The Balaban J connectivity index is 1.54. The van der Waals surface area contributed by atoms with E-state index in [1.807, 2.05) is 0 Å². The number of oxazole rings is 1. The molecule has 0 saturated carbocycles. The first kappa shape index (κ1) is 25.2. The van der Waals surface area contributed by atoms with E-state index in [4.69, 9.17) is 14.2 Å². The number of anilines is 2. The molecule has 3 N–H and O–H groups in total. The molecule has 0 aliphatic carbocycles. The van der Waals surface area contributed by atoms with Gasteiger partial charge in [0, 0.05) is 22.6 Å². The number of halogens is 3. The first-order valence-electron chi connectivity index (χ1n) is 10.7. The zero-order valence-electron chi connectivity index (χ0n) is 19.1. The van der Waals surface area contributed by atoms with Crippen LogP contribution in [0, 0.1) is 11.3 Å². The molecule has 190 valence electrons. The molecule has 0 aliphatic heterocycles. The molecule has 1 unspecified atom stereocenters. The number of nitrogens with one attached hydrogen (secondary N) is 3. The molecule has 9 nitrogen and oxygen atoms in total. The first-order chi connectivity index (χ1) is 17.6. The SMILES string of the molecule is CC(=N)C(C(=O)Nc1cccc(-c2ccco2)c1)C(=O)Nc1ccc(OC(F)(F)F)c(-c2ncco2)c1. The number of hydrogen-bond acceptors (Lipinski definition) is 7. The second kappa shape index (κ2) is 10.4. The lowest BCUT2D eigenvalue weighted by Gasteiger charge is -2.17. The van der Waals surface area contributed by atoms with Crippen LogP contribution in [0.25, 0.3) is 22.8 Å². The largest absolute Gasteiger partial charge is 0.573 e. The third-order valence-corrected chi connectivity index (χ3v) is 5.03. The smallest absolute Gasteiger partial charge is 0.464 e. The van der Waals surface area contributed by atoms with Gasteiger partial charge in [-0.3, -0.25) is 9.59 Å². The van der Waals surface area contributed by atoms with Crippen molar-refractivity contribution in [3.63, 3.8) is 0 Å². The zero-order valence-corrected chi connectivity index (χ0v) is 19.1. The van der Waals surface area contributed by atoms with Crippen LogP contribution < -0.4 is 15.4 Å². The Morgan fingerprint density at radius 1 is 0.973 bits per heavy atom. The number of rotatable bonds is 8. The topological polar surface area (TPSA) is 130 Å². The van der Waals surface area contributed by atoms with E-state index >= 15 is 0 Å². The van der Waals surface area contributed by atoms with Crippen LogP contribution in [0.15, 0.2) is 82.2 Å². The molecular formula is C25H19F3N4O5. The van der Waals surface area contributed by atoms with E-state index in [1.165, 1.54) is 19.4 Å². The molecule has 4 rings (SSSR count). The van der Waals surface area contributed by atoms with Gasteiger partial charge in [-0.25, -0.2) is 4.98 Å². The minimum Gasteiger partial charge on any atom is -0.464 e. The van der Waals surface area contributed by atoms with Gasteiger partial charge >= 0.3 is 6.36 Å². The fourth-order valence-corrected chi connectivity index (χ4v) is 3.48. The summed E-state index contributed by atoms with van der Waals surface area (Å²) in [4.78, 5) is 29.7. The molecule has 2 aromatic carbocycles. The predicted octanol–water partition coefficient (Wildman–Crippen LogP) is 5.73. The van der Waals surface area contributed by atoms with Gasteiger partial charge in [-0.2, -0.15) is 0 Å². The van der Waals surface area contributed by atoms with E-state index in [0.29, 0.717) is 17.0 Å². The Morgan fingerprint density at radius 3 is 2.30 bits per heavy atom. The van der Waals surface area contributed by atoms with Gasteiger partial charge in [-0.15, -0.1) is 13.2 Å². The number of alkyl halides is 3. The summed E-state index contributed by atoms with van der Waals surface area (Å²) in [6.07, 6.45) is -1.06. The normalized spacial score (nSPS) is 12.0. The number of hydrogen-bond donors (Lipinski definition) is 3. The Labute approximate surface area is 207 Å². The number of carbonyl (C=O) groups is 2. The van der Waals surface area contributed by atoms with E-state index in [-0.39, 0.29) is 22.9 Å². The monoisotopic (exact) mass is 512 g/mol. The van der Waals surface area contributed by atoms with Crippen molar-refractivity contribution < 1.29 is 36.3 Å². The highest BCUT2D eigenvalue weighted by molar-refractivity contribution is 6.24. The van der Waals surface area contributed by atoms with E-state index < -0.39 is 29.8 Å². The van der Waals surface area contributed by atoms with Crippen LogP contribution >= 0.6 is 0 Å². The molecule has 0 saturated heterocycles. The summed E-state index contributed by atoms with van der Waals surface area (Å²) in [6, 6.07) is 13.5. The Kier molecular flexibility index (Phi) is 7.09. The van der Waals surface area contributed by atoms with Crippen LogP contribution in [0.1, 0.15) is 6.92 Å². The number of ether oxygens (including phenoxy) is 1. The number of benzene rings is 2. The lowest BCUT2D eigenvalue weighted by Crippen LogP contribution is -2.38. The summed E-state index contributed by atoms with van der Waals surface area (Å²) in [5.41, 5.74) is 0.671. The van der Waals surface area contributed by atoms with Crippen molar-refractivity contribution in [3.05, 3.63) is 73.3 Å². The van der Waals surface area contributed by atoms with Crippen LogP contribution in [0.2, 0.25) is 0 Å². The lowest BCUT2D eigenvalue weighted by atomic mass is 10.0. The summed E-state index contributed by atoms with van der Waals surface area (Å²) in [6.45, 7) is 1.29. The van der Waals surface area contributed by atoms with Crippen LogP contribution in [-0.2, 0) is 9.59 Å². The Hall–Kier alpha value is -4.87. The number of carbonyl (C=O) groups excluding carboxylic acids is 2. The van der Waals surface area contributed by atoms with E-state index in [2.05, 4.69) is 20.4 Å². The van der Waals surface area contributed by atoms with Crippen molar-refractivity contribution in [2.45, 2.75) is 13.3 Å². The van der Waals surface area contributed by atoms with Crippen molar-refractivity contribution in [2.75, 3.05) is 10.6 Å². The maximum atomic E-state index is 13.0. The quantitative estimate of drug-likeness (QED) is 0.204. The number of furan rings is 1. The molecule has 2 heterocycles. The van der Waals surface area contributed by atoms with Crippen molar-refractivity contribution in [3.8, 4) is 28.5 Å². The van der Waals surface area contributed by atoms with Crippen LogP contribution in [0.3, 0.4) is 0 Å². The molecule has 2 aromatic heterocycles. The summed E-state index contributed by atoms with van der Waals surface area (Å²) in [7, 11) is 0. The summed E-state index contributed by atoms with van der Waals surface area (Å²) in [5, 5.41) is 13.0. The third kappa shape index (κ3) is 6.23. The van der Waals surface area contributed by atoms with Crippen molar-refractivity contribution in [2.24, 2.45) is 5.92 Å². The molecule has 1 atom stereocenters. The minimum atomic E-state index is -4.97. The molecule has 0 aliphatic rings. The van der Waals surface area contributed by atoms with Crippen LogP contribution in [-0.4, -0.2) is 28.9 Å². The van der Waals surface area contributed by atoms with Gasteiger partial charge in [0.05, 0.1) is 18.0 Å². The average molecular weight is 512 g/mol.